The van der Waals surface area contributed by atoms with Crippen molar-refractivity contribution in [3.05, 3.63) is 34.4 Å². The van der Waals surface area contributed by atoms with Crippen molar-refractivity contribution in [2.45, 2.75) is 38.5 Å². The van der Waals surface area contributed by atoms with Crippen LogP contribution in [0.15, 0.2) is 24.3 Å². The Kier molecular flexibility index (Phi) is 4.49. The van der Waals surface area contributed by atoms with Crippen molar-refractivity contribution in [3.8, 4) is 0 Å². The van der Waals surface area contributed by atoms with Crippen LogP contribution in [-0.2, 0) is 4.79 Å². The molecule has 0 spiro atoms. The van der Waals surface area contributed by atoms with Crippen molar-refractivity contribution >= 4 is 17.3 Å². The molecule has 1 aromatic carbocycles. The van der Waals surface area contributed by atoms with Gasteiger partial charge >= 0.3 is 0 Å². The van der Waals surface area contributed by atoms with Gasteiger partial charge in [-0.05, 0) is 18.4 Å². The SMILES string of the molecule is O=C(CCC1CCCC1)Nc1cccc([N+](=O)[O-])c1. The molecule has 0 saturated heterocycles. The topological polar surface area (TPSA) is 72.2 Å². The molecule has 1 amide bonds. The molecule has 1 N–H and O–H groups in total. The van der Waals surface area contributed by atoms with Crippen LogP contribution in [0, 0.1) is 16.0 Å². The highest BCUT2D eigenvalue weighted by Gasteiger charge is 2.16. The second kappa shape index (κ2) is 6.31. The maximum Gasteiger partial charge on any atom is 0.271 e. The van der Waals surface area contributed by atoms with E-state index in [-0.39, 0.29) is 11.6 Å². The second-order valence-corrected chi connectivity index (χ2v) is 5.04. The van der Waals surface area contributed by atoms with Gasteiger partial charge in [0.2, 0.25) is 5.91 Å². The average Bonchev–Trinajstić information content (AvgIpc) is 2.90. The Balaban J connectivity index is 1.84. The number of rotatable bonds is 5. The molecule has 1 aliphatic rings. The van der Waals surface area contributed by atoms with Gasteiger partial charge in [0.1, 0.15) is 0 Å². The summed E-state index contributed by atoms with van der Waals surface area (Å²) in [6.45, 7) is 0. The van der Waals surface area contributed by atoms with Crippen molar-refractivity contribution in [1.82, 2.24) is 0 Å². The third kappa shape index (κ3) is 4.05. The molecule has 1 aliphatic carbocycles. The van der Waals surface area contributed by atoms with Gasteiger partial charge in [-0.25, -0.2) is 0 Å². The maximum absolute atomic E-state index is 11.8. The van der Waals surface area contributed by atoms with Crippen LogP contribution < -0.4 is 5.32 Å². The summed E-state index contributed by atoms with van der Waals surface area (Å²) >= 11 is 0. The van der Waals surface area contributed by atoms with E-state index in [2.05, 4.69) is 5.32 Å². The molecule has 0 atom stereocenters. The molecule has 0 unspecified atom stereocenters. The van der Waals surface area contributed by atoms with Gasteiger partial charge in [0.05, 0.1) is 4.92 Å². The van der Waals surface area contributed by atoms with Gasteiger partial charge in [0.15, 0.2) is 0 Å². The van der Waals surface area contributed by atoms with Crippen molar-refractivity contribution in [2.24, 2.45) is 5.92 Å². The molecule has 1 aromatic rings. The standard InChI is InChI=1S/C14H18N2O3/c17-14(9-8-11-4-1-2-5-11)15-12-6-3-7-13(10-12)16(18)19/h3,6-7,10-11H,1-2,4-5,8-9H2,(H,15,17). The van der Waals surface area contributed by atoms with E-state index < -0.39 is 4.92 Å². The van der Waals surface area contributed by atoms with Crippen LogP contribution in [0.4, 0.5) is 11.4 Å². The number of nitrogens with zero attached hydrogens (tertiary/aromatic N) is 1. The van der Waals surface area contributed by atoms with Crippen molar-refractivity contribution < 1.29 is 9.72 Å². The average molecular weight is 262 g/mol. The Labute approximate surface area is 112 Å². The quantitative estimate of drug-likeness (QED) is 0.652. The Bertz CT molecular complexity index is 468. The number of carbonyl (C=O) groups is 1. The Morgan fingerprint density at radius 2 is 2.11 bits per heavy atom. The summed E-state index contributed by atoms with van der Waals surface area (Å²) in [4.78, 5) is 21.9. The van der Waals surface area contributed by atoms with Gasteiger partial charge in [-0.3, -0.25) is 14.9 Å². The van der Waals surface area contributed by atoms with Crippen molar-refractivity contribution in [3.63, 3.8) is 0 Å². The number of hydrogen-bond acceptors (Lipinski definition) is 3. The lowest BCUT2D eigenvalue weighted by molar-refractivity contribution is -0.384. The molecule has 1 fully saturated rings. The van der Waals surface area contributed by atoms with Crippen LogP contribution in [0.5, 0.6) is 0 Å². The first-order valence-electron chi connectivity index (χ1n) is 6.69. The zero-order chi connectivity index (χ0) is 13.7. The highest BCUT2D eigenvalue weighted by molar-refractivity contribution is 5.90. The van der Waals surface area contributed by atoms with Crippen LogP contribution in [0.2, 0.25) is 0 Å². The predicted molar refractivity (Wildman–Crippen MR) is 72.9 cm³/mol. The summed E-state index contributed by atoms with van der Waals surface area (Å²) in [5, 5.41) is 13.3. The lowest BCUT2D eigenvalue weighted by Gasteiger charge is -2.09. The molecule has 0 bridgehead atoms. The molecule has 5 heteroatoms. The lowest BCUT2D eigenvalue weighted by Crippen LogP contribution is -2.12. The van der Waals surface area contributed by atoms with Gasteiger partial charge in [0.25, 0.3) is 5.69 Å². The van der Waals surface area contributed by atoms with E-state index in [0.29, 0.717) is 18.0 Å². The van der Waals surface area contributed by atoms with Gasteiger partial charge in [0, 0.05) is 24.2 Å². The first-order valence-corrected chi connectivity index (χ1v) is 6.69. The molecule has 0 radical (unpaired) electrons. The minimum atomic E-state index is -0.464. The molecule has 0 aliphatic heterocycles. The molecule has 19 heavy (non-hydrogen) atoms. The monoisotopic (exact) mass is 262 g/mol. The van der Waals surface area contributed by atoms with E-state index in [1.807, 2.05) is 0 Å². The number of non-ortho nitro benzene ring substituents is 1. The Morgan fingerprint density at radius 1 is 1.37 bits per heavy atom. The Hall–Kier alpha value is -1.91. The highest BCUT2D eigenvalue weighted by atomic mass is 16.6. The summed E-state index contributed by atoms with van der Waals surface area (Å²) in [7, 11) is 0. The van der Waals surface area contributed by atoms with Crippen LogP contribution in [0.1, 0.15) is 38.5 Å². The number of anilines is 1. The number of nitrogens with one attached hydrogen (secondary N) is 1. The third-order valence-corrected chi connectivity index (χ3v) is 3.60. The van der Waals surface area contributed by atoms with E-state index in [4.69, 9.17) is 0 Å². The molecular weight excluding hydrogens is 244 g/mol. The molecule has 2 rings (SSSR count). The lowest BCUT2D eigenvalue weighted by atomic mass is 10.0. The van der Waals surface area contributed by atoms with Crippen molar-refractivity contribution in [1.29, 1.82) is 0 Å². The molecule has 0 aromatic heterocycles. The predicted octanol–water partition coefficient (Wildman–Crippen LogP) is 3.50. The van der Waals surface area contributed by atoms with E-state index in [1.165, 1.54) is 37.8 Å². The summed E-state index contributed by atoms with van der Waals surface area (Å²) < 4.78 is 0. The van der Waals surface area contributed by atoms with Crippen LogP contribution in [0.3, 0.4) is 0 Å². The molecular formula is C14H18N2O3. The number of nitro groups is 1. The van der Waals surface area contributed by atoms with E-state index >= 15 is 0 Å². The fourth-order valence-electron chi connectivity index (χ4n) is 2.55. The number of nitro benzene ring substituents is 1. The first-order chi connectivity index (χ1) is 9.15. The summed E-state index contributed by atoms with van der Waals surface area (Å²) in [5.41, 5.74) is 0.485. The fourth-order valence-corrected chi connectivity index (χ4v) is 2.55. The molecule has 102 valence electrons. The highest BCUT2D eigenvalue weighted by Crippen LogP contribution is 2.28. The number of benzene rings is 1. The molecule has 0 heterocycles. The summed E-state index contributed by atoms with van der Waals surface area (Å²) in [6.07, 6.45) is 6.41. The van der Waals surface area contributed by atoms with Crippen molar-refractivity contribution in [2.75, 3.05) is 5.32 Å². The minimum Gasteiger partial charge on any atom is -0.326 e. The number of hydrogen-bond donors (Lipinski definition) is 1. The smallest absolute Gasteiger partial charge is 0.271 e. The number of carbonyl (C=O) groups excluding carboxylic acids is 1. The van der Waals surface area contributed by atoms with E-state index in [1.54, 1.807) is 12.1 Å². The largest absolute Gasteiger partial charge is 0.326 e. The maximum atomic E-state index is 11.8. The fraction of sp³-hybridized carbons (Fsp3) is 0.500. The molecule has 5 nitrogen and oxygen atoms in total. The van der Waals surface area contributed by atoms with Crippen LogP contribution >= 0.6 is 0 Å². The van der Waals surface area contributed by atoms with Gasteiger partial charge in [-0.15, -0.1) is 0 Å². The Morgan fingerprint density at radius 3 is 2.79 bits per heavy atom. The normalized spacial score (nSPS) is 15.4. The zero-order valence-corrected chi connectivity index (χ0v) is 10.8. The van der Waals surface area contributed by atoms with Crippen LogP contribution in [0.25, 0.3) is 0 Å². The van der Waals surface area contributed by atoms with E-state index in [9.17, 15) is 14.9 Å². The third-order valence-electron chi connectivity index (χ3n) is 3.60. The zero-order valence-electron chi connectivity index (χ0n) is 10.8. The van der Waals surface area contributed by atoms with Gasteiger partial charge < -0.3 is 5.32 Å². The van der Waals surface area contributed by atoms with Gasteiger partial charge in [-0.1, -0.05) is 31.7 Å². The summed E-state index contributed by atoms with van der Waals surface area (Å²) in [6, 6.07) is 6.03. The number of amides is 1. The first kappa shape index (κ1) is 13.5. The minimum absolute atomic E-state index is 0.00593. The molecule has 1 saturated carbocycles. The van der Waals surface area contributed by atoms with Gasteiger partial charge in [-0.2, -0.15) is 0 Å². The van der Waals surface area contributed by atoms with E-state index in [0.717, 1.165) is 6.42 Å². The second-order valence-electron chi connectivity index (χ2n) is 5.04. The van der Waals surface area contributed by atoms with Crippen LogP contribution in [-0.4, -0.2) is 10.8 Å². The summed E-state index contributed by atoms with van der Waals surface area (Å²) in [5.74, 6) is 0.614.